The first-order chi connectivity index (χ1) is 9.54. The molecule has 1 N–H and O–H groups in total. The standard InChI is InChI=1S/C13H12ClFN2O3/c1-7-11(12(18)16-2)13(17-20-7)19-6-8-9(14)4-3-5-10(8)15/h3-5H,6H2,1-2H3,(H,16,18). The molecule has 0 saturated carbocycles. The fourth-order valence-corrected chi connectivity index (χ4v) is 1.86. The van der Waals surface area contributed by atoms with E-state index in [2.05, 4.69) is 10.5 Å². The predicted molar refractivity (Wildman–Crippen MR) is 70.4 cm³/mol. The molecule has 0 fully saturated rings. The lowest BCUT2D eigenvalue weighted by Gasteiger charge is -2.07. The van der Waals surface area contributed by atoms with Crippen LogP contribution < -0.4 is 10.1 Å². The average molecular weight is 299 g/mol. The summed E-state index contributed by atoms with van der Waals surface area (Å²) < 4.78 is 23.8. The third kappa shape index (κ3) is 2.75. The number of hydrogen-bond acceptors (Lipinski definition) is 4. The van der Waals surface area contributed by atoms with Crippen LogP contribution in [0.15, 0.2) is 22.7 Å². The minimum atomic E-state index is -0.487. The minimum Gasteiger partial charge on any atom is -0.470 e. The summed E-state index contributed by atoms with van der Waals surface area (Å²) in [5.41, 5.74) is 0.373. The molecule has 0 aliphatic heterocycles. The number of aryl methyl sites for hydroxylation is 1. The van der Waals surface area contributed by atoms with Crippen LogP contribution in [0, 0.1) is 12.7 Å². The highest BCUT2D eigenvalue weighted by Gasteiger charge is 2.21. The Balaban J connectivity index is 2.22. The van der Waals surface area contributed by atoms with Crippen molar-refractivity contribution in [2.45, 2.75) is 13.5 Å². The fraction of sp³-hybridized carbons (Fsp3) is 0.231. The van der Waals surface area contributed by atoms with E-state index in [4.69, 9.17) is 20.9 Å². The van der Waals surface area contributed by atoms with E-state index < -0.39 is 11.7 Å². The van der Waals surface area contributed by atoms with E-state index in [-0.39, 0.29) is 28.6 Å². The van der Waals surface area contributed by atoms with Crippen molar-refractivity contribution >= 4 is 17.5 Å². The maximum Gasteiger partial charge on any atom is 0.267 e. The van der Waals surface area contributed by atoms with Crippen LogP contribution in [0.1, 0.15) is 21.7 Å². The average Bonchev–Trinajstić information content (AvgIpc) is 2.78. The molecule has 20 heavy (non-hydrogen) atoms. The molecule has 0 aliphatic carbocycles. The number of hydrogen-bond donors (Lipinski definition) is 1. The predicted octanol–water partition coefficient (Wildman–Crippen LogP) is 2.71. The van der Waals surface area contributed by atoms with Gasteiger partial charge in [0, 0.05) is 12.6 Å². The molecule has 106 valence electrons. The Kier molecular flexibility index (Phi) is 4.24. The highest BCUT2D eigenvalue weighted by atomic mass is 35.5. The molecule has 0 radical (unpaired) electrons. The minimum absolute atomic E-state index is 0.00108. The number of nitrogens with zero attached hydrogens (tertiary/aromatic N) is 1. The molecular weight excluding hydrogens is 287 g/mol. The van der Waals surface area contributed by atoms with Gasteiger partial charge in [-0.2, -0.15) is 0 Å². The number of nitrogens with one attached hydrogen (secondary N) is 1. The van der Waals surface area contributed by atoms with Crippen molar-refractivity contribution in [3.63, 3.8) is 0 Å². The van der Waals surface area contributed by atoms with Crippen LogP contribution >= 0.6 is 11.6 Å². The molecule has 5 nitrogen and oxygen atoms in total. The van der Waals surface area contributed by atoms with Crippen molar-refractivity contribution in [1.29, 1.82) is 0 Å². The van der Waals surface area contributed by atoms with Gasteiger partial charge in [-0.1, -0.05) is 17.7 Å². The molecule has 0 spiro atoms. The molecule has 1 heterocycles. The number of carbonyl (C=O) groups excluding carboxylic acids is 1. The molecule has 1 aromatic carbocycles. The summed E-state index contributed by atoms with van der Waals surface area (Å²) >= 11 is 5.89. The Morgan fingerprint density at radius 2 is 2.30 bits per heavy atom. The molecule has 7 heteroatoms. The van der Waals surface area contributed by atoms with Crippen LogP contribution in [-0.4, -0.2) is 18.1 Å². The second kappa shape index (κ2) is 5.92. The van der Waals surface area contributed by atoms with Gasteiger partial charge in [0.25, 0.3) is 11.8 Å². The molecule has 0 atom stereocenters. The van der Waals surface area contributed by atoms with E-state index in [1.807, 2.05) is 0 Å². The highest BCUT2D eigenvalue weighted by Crippen LogP contribution is 2.24. The molecule has 0 saturated heterocycles. The smallest absolute Gasteiger partial charge is 0.267 e. The van der Waals surface area contributed by atoms with E-state index in [0.717, 1.165) is 0 Å². The Morgan fingerprint density at radius 3 is 2.95 bits per heavy atom. The third-order valence-corrected chi connectivity index (χ3v) is 3.05. The maximum absolute atomic E-state index is 13.6. The molecule has 0 aliphatic rings. The zero-order valence-corrected chi connectivity index (χ0v) is 11.6. The maximum atomic E-state index is 13.6. The number of aromatic nitrogens is 1. The first-order valence-corrected chi connectivity index (χ1v) is 6.16. The van der Waals surface area contributed by atoms with Gasteiger partial charge in [-0.15, -0.1) is 0 Å². The number of halogens is 2. The number of ether oxygens (including phenoxy) is 1. The molecule has 0 unspecified atom stereocenters. The first kappa shape index (κ1) is 14.3. The summed E-state index contributed by atoms with van der Waals surface area (Å²) in [5, 5.41) is 6.33. The number of rotatable bonds is 4. The fourth-order valence-electron chi connectivity index (χ4n) is 1.64. The first-order valence-electron chi connectivity index (χ1n) is 5.78. The van der Waals surface area contributed by atoms with Gasteiger partial charge >= 0.3 is 0 Å². The lowest BCUT2D eigenvalue weighted by molar-refractivity contribution is 0.0957. The van der Waals surface area contributed by atoms with Crippen LogP contribution in [0.5, 0.6) is 5.88 Å². The summed E-state index contributed by atoms with van der Waals surface area (Å²) in [6, 6.07) is 4.33. The van der Waals surface area contributed by atoms with Gasteiger partial charge in [-0.3, -0.25) is 4.79 Å². The van der Waals surface area contributed by atoms with E-state index in [0.29, 0.717) is 5.76 Å². The Morgan fingerprint density at radius 1 is 1.55 bits per heavy atom. The normalized spacial score (nSPS) is 10.4. The van der Waals surface area contributed by atoms with E-state index in [1.165, 1.54) is 19.2 Å². The summed E-state index contributed by atoms with van der Waals surface area (Å²) in [4.78, 5) is 11.7. The summed E-state index contributed by atoms with van der Waals surface area (Å²) in [6.45, 7) is 1.43. The largest absolute Gasteiger partial charge is 0.470 e. The quantitative estimate of drug-likeness (QED) is 0.942. The molecule has 0 bridgehead atoms. The summed E-state index contributed by atoms with van der Waals surface area (Å²) in [7, 11) is 1.48. The zero-order chi connectivity index (χ0) is 14.7. The molecule has 1 amide bonds. The Labute approximate surface area is 119 Å². The van der Waals surface area contributed by atoms with Crippen LogP contribution in [0.3, 0.4) is 0 Å². The van der Waals surface area contributed by atoms with Gasteiger partial charge < -0.3 is 14.6 Å². The van der Waals surface area contributed by atoms with Gasteiger partial charge in [0.1, 0.15) is 18.0 Å². The van der Waals surface area contributed by atoms with E-state index in [1.54, 1.807) is 13.0 Å². The monoisotopic (exact) mass is 298 g/mol. The number of amides is 1. The molecular formula is C13H12ClFN2O3. The number of benzene rings is 1. The second-order valence-electron chi connectivity index (χ2n) is 3.99. The lowest BCUT2D eigenvalue weighted by atomic mass is 10.2. The van der Waals surface area contributed by atoms with Gasteiger partial charge in [-0.25, -0.2) is 4.39 Å². The van der Waals surface area contributed by atoms with Crippen molar-refractivity contribution in [3.05, 3.63) is 45.9 Å². The Bertz CT molecular complexity index is 622. The van der Waals surface area contributed by atoms with Crippen molar-refractivity contribution in [2.24, 2.45) is 0 Å². The zero-order valence-electron chi connectivity index (χ0n) is 10.9. The van der Waals surface area contributed by atoms with Crippen LogP contribution in [0.2, 0.25) is 5.02 Å². The van der Waals surface area contributed by atoms with Crippen LogP contribution in [0.4, 0.5) is 4.39 Å². The van der Waals surface area contributed by atoms with Gasteiger partial charge in [0.15, 0.2) is 5.76 Å². The van der Waals surface area contributed by atoms with Crippen LogP contribution in [-0.2, 0) is 6.61 Å². The van der Waals surface area contributed by atoms with Gasteiger partial charge in [0.05, 0.1) is 5.02 Å². The Hall–Kier alpha value is -2.08. The van der Waals surface area contributed by atoms with Crippen molar-refractivity contribution in [2.75, 3.05) is 7.05 Å². The van der Waals surface area contributed by atoms with Crippen molar-refractivity contribution in [1.82, 2.24) is 10.5 Å². The number of carbonyl (C=O) groups is 1. The van der Waals surface area contributed by atoms with Gasteiger partial charge in [0.2, 0.25) is 0 Å². The third-order valence-electron chi connectivity index (χ3n) is 2.70. The SMILES string of the molecule is CNC(=O)c1c(OCc2c(F)cccc2Cl)noc1C. The highest BCUT2D eigenvalue weighted by molar-refractivity contribution is 6.31. The molecule has 1 aromatic heterocycles. The van der Waals surface area contributed by atoms with Crippen LogP contribution in [0.25, 0.3) is 0 Å². The summed E-state index contributed by atoms with van der Waals surface area (Å²) in [6.07, 6.45) is 0. The topological polar surface area (TPSA) is 64.4 Å². The van der Waals surface area contributed by atoms with Crippen molar-refractivity contribution in [3.8, 4) is 5.88 Å². The van der Waals surface area contributed by atoms with E-state index >= 15 is 0 Å². The van der Waals surface area contributed by atoms with Gasteiger partial charge in [-0.05, 0) is 24.2 Å². The molecule has 2 aromatic rings. The van der Waals surface area contributed by atoms with Crippen molar-refractivity contribution < 1.29 is 18.4 Å². The lowest BCUT2D eigenvalue weighted by Crippen LogP contribution is -2.19. The summed E-state index contributed by atoms with van der Waals surface area (Å²) in [5.74, 6) is -0.558. The second-order valence-corrected chi connectivity index (χ2v) is 4.39. The molecule has 2 rings (SSSR count). The van der Waals surface area contributed by atoms with E-state index in [9.17, 15) is 9.18 Å².